The van der Waals surface area contributed by atoms with Gasteiger partial charge < -0.3 is 15.1 Å². The van der Waals surface area contributed by atoms with Crippen LogP contribution >= 0.6 is 0 Å². The van der Waals surface area contributed by atoms with Gasteiger partial charge in [0, 0.05) is 64.3 Å². The van der Waals surface area contributed by atoms with E-state index in [1.807, 2.05) is 30.0 Å². The average molecular weight is 437 g/mol. The number of aryl methyl sites for hydroxylation is 1. The molecule has 0 aromatic heterocycles. The minimum absolute atomic E-state index is 0.0900. The molecule has 2 fully saturated rings. The van der Waals surface area contributed by atoms with Gasteiger partial charge in [-0.05, 0) is 31.4 Å². The zero-order chi connectivity index (χ0) is 21.6. The van der Waals surface area contributed by atoms with Crippen LogP contribution in [-0.4, -0.2) is 92.4 Å². The summed E-state index contributed by atoms with van der Waals surface area (Å²) in [6.07, 6.45) is 2.11. The number of benzene rings is 1. The summed E-state index contributed by atoms with van der Waals surface area (Å²) in [5, 5.41) is 3.15. The molecule has 0 aliphatic carbocycles. The Labute approximate surface area is 179 Å². The third kappa shape index (κ3) is 5.80. The first-order chi connectivity index (χ1) is 14.4. The van der Waals surface area contributed by atoms with Crippen molar-refractivity contribution < 1.29 is 18.0 Å². The smallest absolute Gasteiger partial charge is 0.254 e. The summed E-state index contributed by atoms with van der Waals surface area (Å²) in [5.41, 5.74) is 1.46. The van der Waals surface area contributed by atoms with Crippen molar-refractivity contribution >= 4 is 21.8 Å². The van der Waals surface area contributed by atoms with Crippen LogP contribution in [0.4, 0.5) is 0 Å². The monoisotopic (exact) mass is 436 g/mol. The standard InChI is InChI=1S/C21H32N4O4S/c1-18-6-2-3-7-19(18)21(27)24(13-5-12-23-11-4-8-20(23)26)16-17-30(28,29)25-14-9-22-10-15-25/h2-3,6-7,22H,4-5,8-17H2,1H3. The van der Waals surface area contributed by atoms with E-state index < -0.39 is 10.0 Å². The number of carbonyl (C=O) groups is 2. The van der Waals surface area contributed by atoms with Crippen LogP contribution in [-0.2, 0) is 14.8 Å². The third-order valence-electron chi connectivity index (χ3n) is 5.78. The summed E-state index contributed by atoms with van der Waals surface area (Å²) < 4.78 is 27.0. The molecule has 2 heterocycles. The number of piperazine rings is 1. The zero-order valence-corrected chi connectivity index (χ0v) is 18.5. The highest BCUT2D eigenvalue weighted by Crippen LogP contribution is 2.14. The Morgan fingerprint density at radius 3 is 2.53 bits per heavy atom. The molecule has 0 unspecified atom stereocenters. The molecule has 2 aliphatic heterocycles. The molecular weight excluding hydrogens is 404 g/mol. The van der Waals surface area contributed by atoms with Crippen LogP contribution in [0.3, 0.4) is 0 Å². The molecule has 1 aromatic carbocycles. The van der Waals surface area contributed by atoms with E-state index in [2.05, 4.69) is 5.32 Å². The number of amides is 2. The topological polar surface area (TPSA) is 90.0 Å². The molecule has 0 radical (unpaired) electrons. The maximum absolute atomic E-state index is 13.2. The van der Waals surface area contributed by atoms with Gasteiger partial charge in [0.15, 0.2) is 0 Å². The zero-order valence-electron chi connectivity index (χ0n) is 17.7. The molecular formula is C21H32N4O4S. The number of hydrogen-bond donors (Lipinski definition) is 1. The van der Waals surface area contributed by atoms with E-state index in [1.54, 1.807) is 11.0 Å². The van der Waals surface area contributed by atoms with Crippen LogP contribution in [0.2, 0.25) is 0 Å². The number of likely N-dealkylation sites (tertiary alicyclic amines) is 1. The predicted octanol–water partition coefficient (Wildman–Crippen LogP) is 0.685. The first kappa shape index (κ1) is 22.7. The maximum atomic E-state index is 13.2. The Kier molecular flexibility index (Phi) is 7.85. The Morgan fingerprint density at radius 1 is 1.13 bits per heavy atom. The summed E-state index contributed by atoms with van der Waals surface area (Å²) in [6.45, 7) is 6.04. The highest BCUT2D eigenvalue weighted by atomic mass is 32.2. The van der Waals surface area contributed by atoms with Crippen LogP contribution in [0, 0.1) is 6.92 Å². The fourth-order valence-electron chi connectivity index (χ4n) is 3.97. The summed E-state index contributed by atoms with van der Waals surface area (Å²) >= 11 is 0. The Morgan fingerprint density at radius 2 is 1.87 bits per heavy atom. The first-order valence-corrected chi connectivity index (χ1v) is 12.3. The minimum atomic E-state index is -3.42. The van der Waals surface area contributed by atoms with Crippen molar-refractivity contribution in [3.63, 3.8) is 0 Å². The van der Waals surface area contributed by atoms with E-state index in [4.69, 9.17) is 0 Å². The number of hydrogen-bond acceptors (Lipinski definition) is 5. The Hall–Kier alpha value is -1.97. The molecule has 2 saturated heterocycles. The molecule has 0 atom stereocenters. The van der Waals surface area contributed by atoms with E-state index in [0.29, 0.717) is 57.7 Å². The normalized spacial score (nSPS) is 18.0. The van der Waals surface area contributed by atoms with Gasteiger partial charge in [-0.2, -0.15) is 4.31 Å². The lowest BCUT2D eigenvalue weighted by atomic mass is 10.1. The second-order valence-corrected chi connectivity index (χ2v) is 10.00. The molecule has 2 amide bonds. The van der Waals surface area contributed by atoms with Crippen molar-refractivity contribution in [1.82, 2.24) is 19.4 Å². The van der Waals surface area contributed by atoms with Gasteiger partial charge in [0.1, 0.15) is 0 Å². The summed E-state index contributed by atoms with van der Waals surface area (Å²) in [4.78, 5) is 28.5. The van der Waals surface area contributed by atoms with Crippen LogP contribution in [0.15, 0.2) is 24.3 Å². The van der Waals surface area contributed by atoms with Gasteiger partial charge in [-0.15, -0.1) is 0 Å². The van der Waals surface area contributed by atoms with Crippen molar-refractivity contribution in [2.24, 2.45) is 0 Å². The summed E-state index contributed by atoms with van der Waals surface area (Å²) in [6, 6.07) is 7.36. The molecule has 1 aromatic rings. The fourth-order valence-corrected chi connectivity index (χ4v) is 5.42. The number of rotatable bonds is 9. The van der Waals surface area contributed by atoms with E-state index >= 15 is 0 Å². The van der Waals surface area contributed by atoms with Crippen molar-refractivity contribution in [3.05, 3.63) is 35.4 Å². The minimum Gasteiger partial charge on any atom is -0.343 e. The number of carbonyl (C=O) groups excluding carboxylic acids is 2. The largest absolute Gasteiger partial charge is 0.343 e. The molecule has 30 heavy (non-hydrogen) atoms. The molecule has 0 bridgehead atoms. The van der Waals surface area contributed by atoms with E-state index in [0.717, 1.165) is 18.5 Å². The number of nitrogens with zero attached hydrogens (tertiary/aromatic N) is 3. The van der Waals surface area contributed by atoms with Crippen LogP contribution in [0.1, 0.15) is 35.2 Å². The van der Waals surface area contributed by atoms with Crippen LogP contribution < -0.4 is 5.32 Å². The highest BCUT2D eigenvalue weighted by Gasteiger charge is 2.27. The van der Waals surface area contributed by atoms with E-state index in [9.17, 15) is 18.0 Å². The molecule has 0 saturated carbocycles. The second kappa shape index (κ2) is 10.4. The van der Waals surface area contributed by atoms with Gasteiger partial charge in [0.05, 0.1) is 5.75 Å². The van der Waals surface area contributed by atoms with Gasteiger partial charge in [-0.3, -0.25) is 9.59 Å². The first-order valence-electron chi connectivity index (χ1n) is 10.7. The van der Waals surface area contributed by atoms with E-state index in [-0.39, 0.29) is 24.1 Å². The van der Waals surface area contributed by atoms with Crippen molar-refractivity contribution in [2.45, 2.75) is 26.2 Å². The molecule has 0 spiro atoms. The Bertz CT molecular complexity index is 852. The lowest BCUT2D eigenvalue weighted by Gasteiger charge is -2.29. The van der Waals surface area contributed by atoms with E-state index in [1.165, 1.54) is 4.31 Å². The third-order valence-corrected chi connectivity index (χ3v) is 7.63. The molecule has 2 aliphatic rings. The summed E-state index contributed by atoms with van der Waals surface area (Å²) in [5.74, 6) is -0.0859. The highest BCUT2D eigenvalue weighted by molar-refractivity contribution is 7.89. The van der Waals surface area contributed by atoms with Crippen molar-refractivity contribution in [2.75, 3.05) is 58.1 Å². The van der Waals surface area contributed by atoms with Gasteiger partial charge in [-0.25, -0.2) is 8.42 Å². The van der Waals surface area contributed by atoms with Crippen molar-refractivity contribution in [1.29, 1.82) is 0 Å². The fraction of sp³-hybridized carbons (Fsp3) is 0.619. The molecule has 1 N–H and O–H groups in total. The maximum Gasteiger partial charge on any atom is 0.254 e. The SMILES string of the molecule is Cc1ccccc1C(=O)N(CCCN1CCCC1=O)CCS(=O)(=O)N1CCNCC1. The van der Waals surface area contributed by atoms with Crippen molar-refractivity contribution in [3.8, 4) is 0 Å². The quantitative estimate of drug-likeness (QED) is 0.615. The van der Waals surface area contributed by atoms with Gasteiger partial charge in [-0.1, -0.05) is 18.2 Å². The Balaban J connectivity index is 1.65. The number of nitrogens with one attached hydrogen (secondary N) is 1. The molecule has 3 rings (SSSR count). The van der Waals surface area contributed by atoms with Gasteiger partial charge in [0.25, 0.3) is 5.91 Å². The van der Waals surface area contributed by atoms with Crippen LogP contribution in [0.5, 0.6) is 0 Å². The lowest BCUT2D eigenvalue weighted by Crippen LogP contribution is -2.48. The molecule has 166 valence electrons. The number of sulfonamides is 1. The van der Waals surface area contributed by atoms with Crippen LogP contribution in [0.25, 0.3) is 0 Å². The molecule has 8 nitrogen and oxygen atoms in total. The summed E-state index contributed by atoms with van der Waals surface area (Å²) in [7, 11) is -3.42. The second-order valence-electron chi connectivity index (χ2n) is 7.91. The average Bonchev–Trinajstić information content (AvgIpc) is 3.15. The van der Waals surface area contributed by atoms with Gasteiger partial charge in [0.2, 0.25) is 15.9 Å². The van der Waals surface area contributed by atoms with Gasteiger partial charge >= 0.3 is 0 Å². The molecule has 9 heteroatoms. The predicted molar refractivity (Wildman–Crippen MR) is 116 cm³/mol. The lowest BCUT2D eigenvalue weighted by molar-refractivity contribution is -0.127.